The van der Waals surface area contributed by atoms with Crippen molar-refractivity contribution in [2.45, 2.75) is 46.0 Å². The highest BCUT2D eigenvalue weighted by Crippen LogP contribution is 2.33. The van der Waals surface area contributed by atoms with Crippen LogP contribution in [0.5, 0.6) is 0 Å². The van der Waals surface area contributed by atoms with Gasteiger partial charge in [-0.05, 0) is 28.5 Å². The minimum Gasteiger partial charge on any atom is -0.244 e. The van der Waals surface area contributed by atoms with Crippen LogP contribution < -0.4 is 0 Å². The zero-order valence-electron chi connectivity index (χ0n) is 8.81. The third-order valence-corrected chi connectivity index (χ3v) is 4.30. The molecule has 1 heterocycles. The van der Waals surface area contributed by atoms with Crippen LogP contribution in [0.1, 0.15) is 51.2 Å². The molecule has 0 saturated carbocycles. The maximum Gasteiger partial charge on any atom is 0.0992 e. The van der Waals surface area contributed by atoms with Gasteiger partial charge in [0.05, 0.1) is 13.6 Å². The van der Waals surface area contributed by atoms with E-state index in [1.807, 2.05) is 11.3 Å². The van der Waals surface area contributed by atoms with E-state index in [2.05, 4.69) is 57.2 Å². The van der Waals surface area contributed by atoms with Gasteiger partial charge in [-0.15, -0.1) is 11.3 Å². The van der Waals surface area contributed by atoms with Gasteiger partial charge in [-0.3, -0.25) is 0 Å². The molecule has 0 aliphatic rings. The second-order valence-electron chi connectivity index (χ2n) is 4.58. The van der Waals surface area contributed by atoms with Gasteiger partial charge < -0.3 is 0 Å². The van der Waals surface area contributed by atoms with Crippen molar-refractivity contribution in [3.8, 4) is 0 Å². The number of hydrogen-bond acceptors (Lipinski definition) is 2. The lowest BCUT2D eigenvalue weighted by Gasteiger charge is -2.13. The van der Waals surface area contributed by atoms with E-state index < -0.39 is 0 Å². The number of halogens is 1. The fourth-order valence-electron chi connectivity index (χ4n) is 0.990. The van der Waals surface area contributed by atoms with Crippen LogP contribution >= 0.6 is 33.9 Å². The molecule has 0 aromatic carbocycles. The Hall–Kier alpha value is 0.360. The summed E-state index contributed by atoms with van der Waals surface area (Å²) in [6.07, 6.45) is 0. The molecule has 1 aromatic heterocycles. The first-order chi connectivity index (χ1) is 5.82. The first kappa shape index (κ1) is 11.4. The van der Waals surface area contributed by atoms with Crippen molar-refractivity contribution in [2.75, 3.05) is 0 Å². The molecule has 13 heavy (non-hydrogen) atoms. The summed E-state index contributed by atoms with van der Waals surface area (Å²) in [5, 5.41) is 1.25. The van der Waals surface area contributed by atoms with Crippen molar-refractivity contribution in [1.82, 2.24) is 4.98 Å². The fourth-order valence-corrected chi connectivity index (χ4v) is 3.37. The van der Waals surface area contributed by atoms with Crippen molar-refractivity contribution >= 4 is 33.9 Å². The Bertz CT molecular complexity index is 296. The lowest BCUT2D eigenvalue weighted by atomic mass is 9.98. The molecule has 0 bridgehead atoms. The summed E-state index contributed by atoms with van der Waals surface area (Å²) >= 11 is 4.22. The molecule has 0 saturated heterocycles. The molecule has 0 spiro atoms. The van der Waals surface area contributed by atoms with Gasteiger partial charge in [-0.1, -0.05) is 34.6 Å². The first-order valence-electron chi connectivity index (χ1n) is 4.49. The summed E-state index contributed by atoms with van der Waals surface area (Å²) in [5.41, 5.74) is 1.45. The summed E-state index contributed by atoms with van der Waals surface area (Å²) < 4.78 is 1.34. The number of rotatable bonds is 1. The fraction of sp³-hybridized carbons (Fsp3) is 0.700. The lowest BCUT2D eigenvalue weighted by Crippen LogP contribution is -2.10. The smallest absolute Gasteiger partial charge is 0.0992 e. The van der Waals surface area contributed by atoms with E-state index >= 15 is 0 Å². The Kier molecular flexibility index (Phi) is 3.38. The minimum atomic E-state index is 0.192. The van der Waals surface area contributed by atoms with Crippen molar-refractivity contribution in [3.05, 3.63) is 13.6 Å². The molecule has 0 amide bonds. The van der Waals surface area contributed by atoms with Crippen molar-refractivity contribution in [1.29, 1.82) is 0 Å². The first-order valence-corrected chi connectivity index (χ1v) is 6.38. The van der Waals surface area contributed by atoms with Crippen LogP contribution in [-0.2, 0) is 5.41 Å². The summed E-state index contributed by atoms with van der Waals surface area (Å²) in [5.74, 6) is 0.541. The van der Waals surface area contributed by atoms with Gasteiger partial charge in [0.15, 0.2) is 0 Å². The third kappa shape index (κ3) is 2.65. The Morgan fingerprint density at radius 3 is 2.08 bits per heavy atom. The topological polar surface area (TPSA) is 12.9 Å². The van der Waals surface area contributed by atoms with Crippen molar-refractivity contribution in [3.63, 3.8) is 0 Å². The molecule has 1 aromatic rings. The Labute approximate surface area is 98.1 Å². The Morgan fingerprint density at radius 2 is 1.85 bits per heavy atom. The molecule has 1 rings (SSSR count). The van der Waals surface area contributed by atoms with E-state index in [-0.39, 0.29) is 5.41 Å². The van der Waals surface area contributed by atoms with Crippen LogP contribution in [-0.4, -0.2) is 4.98 Å². The van der Waals surface area contributed by atoms with Gasteiger partial charge in [-0.2, -0.15) is 0 Å². The standard InChI is InChI=1S/C10H16INS/c1-6(2)7-8(11)13-9(12-7)10(3,4)5/h6H,1-5H3. The molecular formula is C10H16INS. The van der Waals surface area contributed by atoms with Crippen LogP contribution in [0.2, 0.25) is 0 Å². The molecule has 0 unspecified atom stereocenters. The van der Waals surface area contributed by atoms with Crippen LogP contribution in [0.25, 0.3) is 0 Å². The van der Waals surface area contributed by atoms with Gasteiger partial charge in [0.25, 0.3) is 0 Å². The molecule has 0 radical (unpaired) electrons. The number of nitrogens with zero attached hydrogens (tertiary/aromatic N) is 1. The quantitative estimate of drug-likeness (QED) is 0.710. The van der Waals surface area contributed by atoms with Gasteiger partial charge in [-0.25, -0.2) is 4.98 Å². The van der Waals surface area contributed by atoms with Crippen LogP contribution in [0, 0.1) is 2.88 Å². The number of thiazole rings is 1. The van der Waals surface area contributed by atoms with E-state index in [0.717, 1.165) is 0 Å². The zero-order valence-corrected chi connectivity index (χ0v) is 11.8. The van der Waals surface area contributed by atoms with E-state index in [1.54, 1.807) is 0 Å². The van der Waals surface area contributed by atoms with E-state index in [0.29, 0.717) is 5.92 Å². The third-order valence-electron chi connectivity index (χ3n) is 1.80. The lowest BCUT2D eigenvalue weighted by molar-refractivity contribution is 0.581. The number of aromatic nitrogens is 1. The maximum atomic E-state index is 4.69. The summed E-state index contributed by atoms with van der Waals surface area (Å²) in [4.78, 5) is 4.69. The van der Waals surface area contributed by atoms with Crippen molar-refractivity contribution < 1.29 is 0 Å². The average molecular weight is 309 g/mol. The molecule has 0 N–H and O–H groups in total. The van der Waals surface area contributed by atoms with Gasteiger partial charge in [0, 0.05) is 5.41 Å². The average Bonchev–Trinajstić information content (AvgIpc) is 2.29. The highest BCUT2D eigenvalue weighted by atomic mass is 127. The maximum absolute atomic E-state index is 4.69. The van der Waals surface area contributed by atoms with Gasteiger partial charge in [0.2, 0.25) is 0 Å². The Morgan fingerprint density at radius 1 is 1.31 bits per heavy atom. The molecular weight excluding hydrogens is 293 g/mol. The van der Waals surface area contributed by atoms with Gasteiger partial charge >= 0.3 is 0 Å². The molecule has 0 aliphatic heterocycles. The molecule has 74 valence electrons. The van der Waals surface area contributed by atoms with Gasteiger partial charge in [0.1, 0.15) is 0 Å². The molecule has 0 aliphatic carbocycles. The monoisotopic (exact) mass is 309 g/mol. The highest BCUT2D eigenvalue weighted by Gasteiger charge is 2.21. The SMILES string of the molecule is CC(C)c1nc(C(C)(C)C)sc1I. The van der Waals surface area contributed by atoms with Crippen molar-refractivity contribution in [2.24, 2.45) is 0 Å². The molecule has 0 fully saturated rings. The van der Waals surface area contributed by atoms with E-state index in [1.165, 1.54) is 13.6 Å². The molecule has 1 nitrogen and oxygen atoms in total. The largest absolute Gasteiger partial charge is 0.244 e. The van der Waals surface area contributed by atoms with E-state index in [9.17, 15) is 0 Å². The predicted octanol–water partition coefficient (Wildman–Crippen LogP) is 4.17. The molecule has 3 heteroatoms. The summed E-state index contributed by atoms with van der Waals surface area (Å²) in [6.45, 7) is 11.0. The van der Waals surface area contributed by atoms with Crippen LogP contribution in [0.3, 0.4) is 0 Å². The predicted molar refractivity (Wildman–Crippen MR) is 67.6 cm³/mol. The summed E-state index contributed by atoms with van der Waals surface area (Å²) in [7, 11) is 0. The second-order valence-corrected chi connectivity index (χ2v) is 7.39. The molecule has 0 atom stereocenters. The number of hydrogen-bond donors (Lipinski definition) is 0. The Balaban J connectivity index is 3.10. The minimum absolute atomic E-state index is 0.192. The van der Waals surface area contributed by atoms with Crippen LogP contribution in [0.4, 0.5) is 0 Å². The normalized spacial score (nSPS) is 12.5. The van der Waals surface area contributed by atoms with E-state index in [4.69, 9.17) is 4.98 Å². The second kappa shape index (κ2) is 3.85. The zero-order chi connectivity index (χ0) is 10.2. The van der Waals surface area contributed by atoms with Crippen LogP contribution in [0.15, 0.2) is 0 Å². The highest BCUT2D eigenvalue weighted by molar-refractivity contribution is 14.1. The summed E-state index contributed by atoms with van der Waals surface area (Å²) in [6, 6.07) is 0.